The van der Waals surface area contributed by atoms with E-state index in [0.29, 0.717) is 15.7 Å². The predicted molar refractivity (Wildman–Crippen MR) is 86.8 cm³/mol. The van der Waals surface area contributed by atoms with Gasteiger partial charge in [-0.1, -0.05) is 12.1 Å². The van der Waals surface area contributed by atoms with Crippen LogP contribution in [0.4, 0.5) is 5.69 Å². The van der Waals surface area contributed by atoms with Crippen molar-refractivity contribution in [3.63, 3.8) is 0 Å². The quantitative estimate of drug-likeness (QED) is 0.867. The van der Waals surface area contributed by atoms with Gasteiger partial charge in [0.2, 0.25) is 0 Å². The Morgan fingerprint density at radius 1 is 1.10 bits per heavy atom. The lowest BCUT2D eigenvalue weighted by atomic mass is 10.1. The molecule has 0 fully saturated rings. The number of rotatable bonds is 4. The number of sulfonamides is 1. The van der Waals surface area contributed by atoms with E-state index < -0.39 is 10.0 Å². The van der Waals surface area contributed by atoms with E-state index in [4.69, 9.17) is 5.11 Å². The first kappa shape index (κ1) is 16.0. The van der Waals surface area contributed by atoms with Crippen molar-refractivity contribution >= 4 is 31.6 Å². The molecule has 0 aliphatic rings. The summed E-state index contributed by atoms with van der Waals surface area (Å²) >= 11 is 3.23. The number of aliphatic hydroxyl groups excluding tert-OH is 1. The summed E-state index contributed by atoms with van der Waals surface area (Å²) in [5.74, 6) is 0. The van der Waals surface area contributed by atoms with Crippen LogP contribution in [0.3, 0.4) is 0 Å². The van der Waals surface area contributed by atoms with Crippen LogP contribution in [-0.4, -0.2) is 13.5 Å². The van der Waals surface area contributed by atoms with Crippen molar-refractivity contribution in [2.24, 2.45) is 0 Å². The fraction of sp³-hybridized carbons (Fsp3) is 0.200. The number of halogens is 1. The largest absolute Gasteiger partial charge is 0.392 e. The van der Waals surface area contributed by atoms with Gasteiger partial charge in [-0.15, -0.1) is 0 Å². The molecule has 0 radical (unpaired) electrons. The first-order chi connectivity index (χ1) is 9.83. The maximum absolute atomic E-state index is 12.5. The van der Waals surface area contributed by atoms with E-state index in [2.05, 4.69) is 20.7 Å². The van der Waals surface area contributed by atoms with Gasteiger partial charge in [0.05, 0.1) is 6.61 Å². The third kappa shape index (κ3) is 3.64. The predicted octanol–water partition coefficient (Wildman–Crippen LogP) is 3.36. The average Bonchev–Trinajstić information content (AvgIpc) is 2.43. The highest BCUT2D eigenvalue weighted by Crippen LogP contribution is 2.26. The zero-order valence-corrected chi connectivity index (χ0v) is 14.1. The summed E-state index contributed by atoms with van der Waals surface area (Å²) in [6.45, 7) is 3.68. The first-order valence-electron chi connectivity index (χ1n) is 6.33. The van der Waals surface area contributed by atoms with Crippen LogP contribution in [0, 0.1) is 13.8 Å². The van der Waals surface area contributed by atoms with Crippen molar-refractivity contribution in [1.29, 1.82) is 0 Å². The number of aliphatic hydroxyl groups is 1. The number of hydrogen-bond donors (Lipinski definition) is 2. The molecular weight excluding hydrogens is 354 g/mol. The molecule has 0 amide bonds. The van der Waals surface area contributed by atoms with Crippen molar-refractivity contribution in [3.8, 4) is 0 Å². The van der Waals surface area contributed by atoms with Crippen molar-refractivity contribution in [3.05, 3.63) is 57.6 Å². The number of aryl methyl sites for hydroxylation is 2. The Morgan fingerprint density at radius 2 is 1.81 bits per heavy atom. The second-order valence-corrected chi connectivity index (χ2v) is 7.33. The van der Waals surface area contributed by atoms with E-state index in [1.54, 1.807) is 24.3 Å². The molecule has 0 unspecified atom stereocenters. The fourth-order valence-electron chi connectivity index (χ4n) is 1.87. The summed E-state index contributed by atoms with van der Waals surface area (Å²) < 4.78 is 27.9. The maximum atomic E-state index is 12.5. The van der Waals surface area contributed by atoms with Gasteiger partial charge in [-0.25, -0.2) is 8.42 Å². The summed E-state index contributed by atoms with van der Waals surface area (Å²) in [4.78, 5) is 0.104. The van der Waals surface area contributed by atoms with Gasteiger partial charge in [0.15, 0.2) is 0 Å². The third-order valence-electron chi connectivity index (χ3n) is 3.23. The minimum atomic E-state index is -3.71. The standard InChI is InChI=1S/C15H16BrNO3S/c1-10-3-5-13(7-11(10)2)17-21(19,20)15-8-12(9-18)4-6-14(15)16/h3-8,17-18H,9H2,1-2H3. The highest BCUT2D eigenvalue weighted by atomic mass is 79.9. The zero-order chi connectivity index (χ0) is 15.6. The van der Waals surface area contributed by atoms with E-state index in [1.165, 1.54) is 6.07 Å². The van der Waals surface area contributed by atoms with Crippen LogP contribution in [0.15, 0.2) is 45.8 Å². The smallest absolute Gasteiger partial charge is 0.263 e. The number of benzene rings is 2. The van der Waals surface area contributed by atoms with Crippen molar-refractivity contribution in [1.82, 2.24) is 0 Å². The first-order valence-corrected chi connectivity index (χ1v) is 8.60. The Hall–Kier alpha value is -1.37. The lowest BCUT2D eigenvalue weighted by molar-refractivity contribution is 0.281. The normalized spacial score (nSPS) is 11.4. The molecule has 4 nitrogen and oxygen atoms in total. The zero-order valence-electron chi connectivity index (χ0n) is 11.7. The summed E-state index contributed by atoms with van der Waals surface area (Å²) in [7, 11) is -3.71. The molecular formula is C15H16BrNO3S. The van der Waals surface area contributed by atoms with Crippen LogP contribution >= 0.6 is 15.9 Å². The molecule has 0 bridgehead atoms. The van der Waals surface area contributed by atoms with Crippen molar-refractivity contribution in [2.45, 2.75) is 25.3 Å². The van der Waals surface area contributed by atoms with Gasteiger partial charge in [0.25, 0.3) is 10.0 Å². The van der Waals surface area contributed by atoms with Gasteiger partial charge < -0.3 is 5.11 Å². The number of anilines is 1. The van der Waals surface area contributed by atoms with Gasteiger partial charge in [-0.3, -0.25) is 4.72 Å². The van der Waals surface area contributed by atoms with E-state index in [-0.39, 0.29) is 11.5 Å². The van der Waals surface area contributed by atoms with E-state index in [1.807, 2.05) is 19.9 Å². The molecule has 6 heteroatoms. The molecule has 0 aliphatic heterocycles. The molecule has 0 aromatic heterocycles. The van der Waals surface area contributed by atoms with Crippen LogP contribution in [-0.2, 0) is 16.6 Å². The lowest BCUT2D eigenvalue weighted by Crippen LogP contribution is -2.14. The Kier molecular flexibility index (Phi) is 4.70. The van der Waals surface area contributed by atoms with Gasteiger partial charge in [0.1, 0.15) is 4.90 Å². The van der Waals surface area contributed by atoms with Crippen LogP contribution < -0.4 is 4.72 Å². The van der Waals surface area contributed by atoms with E-state index in [9.17, 15) is 8.42 Å². The Bertz CT molecular complexity index is 772. The number of nitrogens with one attached hydrogen (secondary N) is 1. The highest BCUT2D eigenvalue weighted by molar-refractivity contribution is 9.10. The molecule has 0 aliphatic carbocycles. The molecule has 21 heavy (non-hydrogen) atoms. The third-order valence-corrected chi connectivity index (χ3v) is 5.60. The molecule has 2 aromatic rings. The molecule has 0 saturated heterocycles. The minimum absolute atomic E-state index is 0.104. The van der Waals surface area contributed by atoms with Gasteiger partial charge in [0, 0.05) is 10.2 Å². The summed E-state index contributed by atoms with van der Waals surface area (Å²) in [6.07, 6.45) is 0. The SMILES string of the molecule is Cc1ccc(NS(=O)(=O)c2cc(CO)ccc2Br)cc1C. The monoisotopic (exact) mass is 369 g/mol. The van der Waals surface area contributed by atoms with Gasteiger partial charge in [-0.2, -0.15) is 0 Å². The van der Waals surface area contributed by atoms with E-state index in [0.717, 1.165) is 11.1 Å². The fourth-order valence-corrected chi connectivity index (χ4v) is 3.93. The number of hydrogen-bond acceptors (Lipinski definition) is 3. The highest BCUT2D eigenvalue weighted by Gasteiger charge is 2.18. The summed E-state index contributed by atoms with van der Waals surface area (Å²) in [5.41, 5.74) is 3.16. The van der Waals surface area contributed by atoms with Crippen molar-refractivity contribution < 1.29 is 13.5 Å². The summed E-state index contributed by atoms with van der Waals surface area (Å²) in [6, 6.07) is 10.1. The Balaban J connectivity index is 2.40. The topological polar surface area (TPSA) is 66.4 Å². The van der Waals surface area contributed by atoms with Gasteiger partial charge in [-0.05, 0) is 70.7 Å². The molecule has 2 rings (SSSR count). The van der Waals surface area contributed by atoms with Crippen LogP contribution in [0.2, 0.25) is 0 Å². The molecule has 2 N–H and O–H groups in total. The Labute approximate surface area is 133 Å². The average molecular weight is 370 g/mol. The minimum Gasteiger partial charge on any atom is -0.392 e. The Morgan fingerprint density at radius 3 is 2.43 bits per heavy atom. The van der Waals surface area contributed by atoms with Crippen LogP contribution in [0.5, 0.6) is 0 Å². The second-order valence-electron chi connectivity index (χ2n) is 4.83. The molecule has 112 valence electrons. The molecule has 0 saturated carbocycles. The summed E-state index contributed by atoms with van der Waals surface area (Å²) in [5, 5.41) is 9.14. The molecule has 0 spiro atoms. The van der Waals surface area contributed by atoms with Crippen molar-refractivity contribution in [2.75, 3.05) is 4.72 Å². The van der Waals surface area contributed by atoms with Crippen LogP contribution in [0.1, 0.15) is 16.7 Å². The molecule has 0 atom stereocenters. The van der Waals surface area contributed by atoms with Crippen LogP contribution in [0.25, 0.3) is 0 Å². The maximum Gasteiger partial charge on any atom is 0.263 e. The van der Waals surface area contributed by atoms with Gasteiger partial charge >= 0.3 is 0 Å². The second kappa shape index (κ2) is 6.17. The van der Waals surface area contributed by atoms with E-state index >= 15 is 0 Å². The molecule has 2 aromatic carbocycles. The molecule has 0 heterocycles. The lowest BCUT2D eigenvalue weighted by Gasteiger charge is -2.12.